The Morgan fingerprint density at radius 2 is 2.08 bits per heavy atom. The number of carbonyl (C=O) groups is 2. The number of piperidine rings is 1. The van der Waals surface area contributed by atoms with Crippen molar-refractivity contribution in [2.75, 3.05) is 42.3 Å². The molecule has 0 spiro atoms. The number of amides is 3. The summed E-state index contributed by atoms with van der Waals surface area (Å²) in [5.41, 5.74) is 2.61. The van der Waals surface area contributed by atoms with Crippen LogP contribution in [0, 0.1) is 5.92 Å². The molecule has 1 fully saturated rings. The summed E-state index contributed by atoms with van der Waals surface area (Å²) in [6.07, 6.45) is 3.78. The second-order valence-electron chi connectivity index (χ2n) is 9.92. The molecule has 2 aromatic carbocycles. The van der Waals surface area contributed by atoms with Crippen molar-refractivity contribution >= 4 is 90.6 Å². The number of likely N-dealkylation sites (tertiary alicyclic amines) is 1. The van der Waals surface area contributed by atoms with Gasteiger partial charge in [0.05, 0.1) is 23.4 Å². The summed E-state index contributed by atoms with van der Waals surface area (Å²) in [6, 6.07) is 12.3. The Kier molecular flexibility index (Phi) is 7.80. The van der Waals surface area contributed by atoms with Gasteiger partial charge in [-0.05, 0) is 74.5 Å². The molecule has 3 amide bonds. The van der Waals surface area contributed by atoms with Crippen LogP contribution in [0.15, 0.2) is 48.8 Å². The van der Waals surface area contributed by atoms with Gasteiger partial charge in [0.2, 0.25) is 0 Å². The zero-order chi connectivity index (χ0) is 27.8. The maximum Gasteiger partial charge on any atom is 0.332 e. The van der Waals surface area contributed by atoms with Gasteiger partial charge in [-0.1, -0.05) is 34.2 Å². The molecular formula is C28H26ClIN6O3S. The average molecular weight is 689 g/mol. The van der Waals surface area contributed by atoms with E-state index in [0.29, 0.717) is 59.9 Å². The summed E-state index contributed by atoms with van der Waals surface area (Å²) in [7, 11) is 2.14. The number of hydrogen-bond acceptors (Lipinski definition) is 7. The van der Waals surface area contributed by atoms with Gasteiger partial charge in [0.1, 0.15) is 21.8 Å². The summed E-state index contributed by atoms with van der Waals surface area (Å²) in [5, 5.41) is 7.07. The van der Waals surface area contributed by atoms with Crippen LogP contribution in [0.1, 0.15) is 28.1 Å². The molecule has 1 saturated heterocycles. The molecule has 0 saturated carbocycles. The molecule has 2 N–H and O–H groups in total. The Balaban J connectivity index is 1.22. The van der Waals surface area contributed by atoms with Crippen LogP contribution in [-0.2, 0) is 4.43 Å². The van der Waals surface area contributed by atoms with Crippen LogP contribution < -0.4 is 20.3 Å². The van der Waals surface area contributed by atoms with Gasteiger partial charge in [-0.25, -0.2) is 19.7 Å². The van der Waals surface area contributed by atoms with Gasteiger partial charge in [0.25, 0.3) is 5.91 Å². The SMILES string of the molecule is CN1CCCC(COc2ccc(NC(=O)c3sc4ncnc5c4c3NC(=O)N5c3ccc(Cl)cc3CI)cc2)C1. The standard InChI is InChI=1S/C28H26ClIN6O3S/c1-35-10-2-3-16(13-35)14-39-20-7-5-19(6-8-20)33-26(37)24-23-22-25(31-15-32-27(22)40-24)36(28(38)34-23)21-9-4-18(29)11-17(21)12-30/h4-9,11,15-16H,2-3,10,12-14H2,1H3,(H,33,37)(H,34,38). The fourth-order valence-corrected chi connectivity index (χ4v) is 6.97. The minimum absolute atomic E-state index is 0.337. The number of nitrogens with one attached hydrogen (secondary N) is 2. The van der Waals surface area contributed by atoms with Crippen LogP contribution in [0.25, 0.3) is 10.2 Å². The van der Waals surface area contributed by atoms with Crippen LogP contribution in [0.2, 0.25) is 5.02 Å². The van der Waals surface area contributed by atoms with Crippen molar-refractivity contribution in [3.05, 3.63) is 64.3 Å². The number of nitrogens with zero attached hydrogens (tertiary/aromatic N) is 4. The van der Waals surface area contributed by atoms with E-state index in [0.717, 1.165) is 24.4 Å². The summed E-state index contributed by atoms with van der Waals surface area (Å²) < 4.78 is 6.65. The van der Waals surface area contributed by atoms with E-state index in [4.69, 9.17) is 16.3 Å². The number of carbonyl (C=O) groups excluding carboxylic acids is 2. The monoisotopic (exact) mass is 688 g/mol. The number of benzene rings is 2. The molecule has 2 aliphatic rings. The number of rotatable bonds is 7. The molecule has 9 nitrogen and oxygen atoms in total. The third-order valence-electron chi connectivity index (χ3n) is 7.07. The quantitative estimate of drug-likeness (QED) is 0.161. The predicted molar refractivity (Wildman–Crippen MR) is 168 cm³/mol. The molecule has 206 valence electrons. The third kappa shape index (κ3) is 5.35. The number of hydrogen-bond donors (Lipinski definition) is 2. The average Bonchev–Trinajstić information content (AvgIpc) is 3.32. The molecule has 0 aliphatic carbocycles. The van der Waals surface area contributed by atoms with Gasteiger partial charge in [0, 0.05) is 27.6 Å². The number of urea groups is 1. The molecule has 4 heterocycles. The molecule has 1 atom stereocenters. The van der Waals surface area contributed by atoms with Crippen LogP contribution >= 0.6 is 45.5 Å². The maximum absolute atomic E-state index is 13.4. The lowest BCUT2D eigenvalue weighted by Crippen LogP contribution is -2.35. The minimum Gasteiger partial charge on any atom is -0.493 e. The van der Waals surface area contributed by atoms with Crippen LogP contribution in [0.4, 0.5) is 27.7 Å². The van der Waals surface area contributed by atoms with E-state index in [2.05, 4.69) is 55.1 Å². The first-order chi connectivity index (χ1) is 19.4. The molecule has 0 radical (unpaired) electrons. The normalized spacial score (nSPS) is 17.1. The molecule has 0 bridgehead atoms. The van der Waals surface area contributed by atoms with E-state index in [-0.39, 0.29) is 5.91 Å². The van der Waals surface area contributed by atoms with Gasteiger partial charge in [-0.3, -0.25) is 4.79 Å². The van der Waals surface area contributed by atoms with Crippen LogP contribution in [0.3, 0.4) is 0 Å². The number of thiophene rings is 1. The summed E-state index contributed by atoms with van der Waals surface area (Å²) >= 11 is 9.65. The summed E-state index contributed by atoms with van der Waals surface area (Å²) in [4.78, 5) is 40.4. The highest BCUT2D eigenvalue weighted by Gasteiger charge is 2.34. The van der Waals surface area contributed by atoms with Crippen molar-refractivity contribution in [2.24, 2.45) is 5.92 Å². The largest absolute Gasteiger partial charge is 0.493 e. The first-order valence-electron chi connectivity index (χ1n) is 12.9. The second kappa shape index (κ2) is 11.5. The molecule has 2 aliphatic heterocycles. The number of ether oxygens (including phenoxy) is 1. The van der Waals surface area contributed by atoms with Crippen molar-refractivity contribution in [1.29, 1.82) is 0 Å². The van der Waals surface area contributed by atoms with Crippen molar-refractivity contribution in [3.63, 3.8) is 0 Å². The van der Waals surface area contributed by atoms with Gasteiger partial charge in [-0.2, -0.15) is 0 Å². The molecular weight excluding hydrogens is 663 g/mol. The topological polar surface area (TPSA) is 99.7 Å². The lowest BCUT2D eigenvalue weighted by atomic mass is 10.00. The van der Waals surface area contributed by atoms with E-state index in [9.17, 15) is 9.59 Å². The van der Waals surface area contributed by atoms with Crippen molar-refractivity contribution in [3.8, 4) is 5.75 Å². The maximum atomic E-state index is 13.4. The smallest absolute Gasteiger partial charge is 0.332 e. The zero-order valence-corrected chi connectivity index (χ0v) is 25.3. The van der Waals surface area contributed by atoms with Crippen LogP contribution in [-0.4, -0.2) is 53.6 Å². The minimum atomic E-state index is -0.404. The Morgan fingerprint density at radius 3 is 2.85 bits per heavy atom. The van der Waals surface area contributed by atoms with E-state index in [1.165, 1.54) is 35.4 Å². The molecule has 4 aromatic rings. The Hall–Kier alpha value is -3.00. The number of aromatic nitrogens is 2. The number of alkyl halides is 1. The summed E-state index contributed by atoms with van der Waals surface area (Å²) in [6.45, 7) is 2.87. The highest BCUT2D eigenvalue weighted by molar-refractivity contribution is 14.1. The Bertz CT molecular complexity index is 1600. The fraction of sp³-hybridized carbons (Fsp3) is 0.286. The third-order valence-corrected chi connectivity index (χ3v) is 9.22. The van der Waals surface area contributed by atoms with Gasteiger partial charge in [-0.15, -0.1) is 11.3 Å². The molecule has 2 aromatic heterocycles. The van der Waals surface area contributed by atoms with Crippen LogP contribution in [0.5, 0.6) is 5.75 Å². The second-order valence-corrected chi connectivity index (χ2v) is 12.1. The zero-order valence-electron chi connectivity index (χ0n) is 21.6. The first-order valence-corrected chi connectivity index (χ1v) is 15.6. The molecule has 40 heavy (non-hydrogen) atoms. The lowest BCUT2D eigenvalue weighted by Gasteiger charge is -2.29. The van der Waals surface area contributed by atoms with E-state index in [1.807, 2.05) is 30.3 Å². The molecule has 12 heteroatoms. The highest BCUT2D eigenvalue weighted by Crippen LogP contribution is 2.45. The summed E-state index contributed by atoms with van der Waals surface area (Å²) in [5.74, 6) is 1.38. The molecule has 1 unspecified atom stereocenters. The lowest BCUT2D eigenvalue weighted by molar-refractivity contribution is 0.103. The van der Waals surface area contributed by atoms with Crippen molar-refractivity contribution in [2.45, 2.75) is 17.3 Å². The van der Waals surface area contributed by atoms with E-state index >= 15 is 0 Å². The van der Waals surface area contributed by atoms with Gasteiger partial charge in [0.15, 0.2) is 5.82 Å². The number of halogens is 2. The Morgan fingerprint density at radius 1 is 1.25 bits per heavy atom. The van der Waals surface area contributed by atoms with Gasteiger partial charge >= 0.3 is 6.03 Å². The first kappa shape index (κ1) is 27.2. The van der Waals surface area contributed by atoms with E-state index in [1.54, 1.807) is 12.1 Å². The van der Waals surface area contributed by atoms with Crippen molar-refractivity contribution in [1.82, 2.24) is 14.9 Å². The fourth-order valence-electron chi connectivity index (χ4n) is 5.17. The number of anilines is 4. The van der Waals surface area contributed by atoms with Gasteiger partial charge < -0.3 is 20.3 Å². The van der Waals surface area contributed by atoms with E-state index < -0.39 is 6.03 Å². The molecule has 6 rings (SSSR count). The Labute approximate surface area is 254 Å². The van der Waals surface area contributed by atoms with Crippen molar-refractivity contribution < 1.29 is 14.3 Å². The highest BCUT2D eigenvalue weighted by atomic mass is 127. The predicted octanol–water partition coefficient (Wildman–Crippen LogP) is 6.94.